The molecular weight excluding hydrogens is 322 g/mol. The maximum Gasteiger partial charge on any atom is 0.315 e. The van der Waals surface area contributed by atoms with Crippen molar-refractivity contribution in [1.29, 1.82) is 0 Å². The van der Waals surface area contributed by atoms with Gasteiger partial charge in [0.25, 0.3) is 0 Å². The lowest BCUT2D eigenvalue weighted by Gasteiger charge is -2.25. The van der Waals surface area contributed by atoms with Gasteiger partial charge in [-0.05, 0) is 31.5 Å². The third kappa shape index (κ3) is 4.61. The first-order chi connectivity index (χ1) is 11.4. The molecule has 2 N–H and O–H groups in total. The number of benzene rings is 2. The molecule has 0 heterocycles. The zero-order chi connectivity index (χ0) is 17.6. The van der Waals surface area contributed by atoms with Crippen molar-refractivity contribution in [3.63, 3.8) is 0 Å². The van der Waals surface area contributed by atoms with Gasteiger partial charge in [-0.1, -0.05) is 48.0 Å². The van der Waals surface area contributed by atoms with Crippen LogP contribution in [0.4, 0.5) is 0 Å². The summed E-state index contributed by atoms with van der Waals surface area (Å²) in [5.74, 6) is -0.878. The van der Waals surface area contributed by atoms with Gasteiger partial charge in [0.2, 0.25) is 5.91 Å². The minimum atomic E-state index is -1.15. The normalized spacial score (nSPS) is 13.1. The molecule has 1 unspecified atom stereocenters. The SMILES string of the molecule is Cc1ccc(SCC(=O)NCC(C)(C(=O)O)c2ccccc2)cc1. The number of amides is 1. The lowest BCUT2D eigenvalue weighted by molar-refractivity contribution is -0.143. The van der Waals surface area contributed by atoms with Crippen LogP contribution < -0.4 is 5.32 Å². The molecule has 1 atom stereocenters. The fraction of sp³-hybridized carbons (Fsp3) is 0.263. The van der Waals surface area contributed by atoms with Crippen LogP contribution in [0.2, 0.25) is 0 Å². The Morgan fingerprint density at radius 1 is 1.08 bits per heavy atom. The van der Waals surface area contributed by atoms with E-state index in [1.54, 1.807) is 31.2 Å². The zero-order valence-corrected chi connectivity index (χ0v) is 14.6. The molecule has 0 aliphatic rings. The summed E-state index contributed by atoms with van der Waals surface area (Å²) in [4.78, 5) is 24.8. The number of carboxylic acids is 1. The van der Waals surface area contributed by atoms with Gasteiger partial charge in [0.05, 0.1) is 5.75 Å². The monoisotopic (exact) mass is 343 g/mol. The van der Waals surface area contributed by atoms with Gasteiger partial charge >= 0.3 is 5.97 Å². The number of hydrogen-bond acceptors (Lipinski definition) is 3. The van der Waals surface area contributed by atoms with Gasteiger partial charge in [0.1, 0.15) is 5.41 Å². The first-order valence-electron chi connectivity index (χ1n) is 7.67. The van der Waals surface area contributed by atoms with Crippen molar-refractivity contribution in [3.8, 4) is 0 Å². The first-order valence-corrected chi connectivity index (χ1v) is 8.65. The van der Waals surface area contributed by atoms with Crippen molar-refractivity contribution < 1.29 is 14.7 Å². The van der Waals surface area contributed by atoms with Crippen molar-refractivity contribution in [2.45, 2.75) is 24.2 Å². The molecule has 2 aromatic carbocycles. The molecule has 2 rings (SSSR count). The van der Waals surface area contributed by atoms with Gasteiger partial charge in [0.15, 0.2) is 0 Å². The van der Waals surface area contributed by atoms with Gasteiger partial charge in [-0.2, -0.15) is 0 Å². The molecule has 0 aliphatic heterocycles. The fourth-order valence-corrected chi connectivity index (χ4v) is 2.95. The summed E-state index contributed by atoms with van der Waals surface area (Å²) in [7, 11) is 0. The van der Waals surface area contributed by atoms with Crippen LogP contribution in [0.5, 0.6) is 0 Å². The molecule has 24 heavy (non-hydrogen) atoms. The smallest absolute Gasteiger partial charge is 0.315 e. The number of carbonyl (C=O) groups excluding carboxylic acids is 1. The van der Waals surface area contributed by atoms with Crippen LogP contribution in [0.15, 0.2) is 59.5 Å². The zero-order valence-electron chi connectivity index (χ0n) is 13.8. The van der Waals surface area contributed by atoms with Gasteiger partial charge in [-0.25, -0.2) is 0 Å². The molecule has 1 amide bonds. The van der Waals surface area contributed by atoms with Gasteiger partial charge in [0, 0.05) is 11.4 Å². The molecule has 0 aromatic heterocycles. The quantitative estimate of drug-likeness (QED) is 0.758. The number of nitrogens with one attached hydrogen (secondary N) is 1. The molecule has 0 radical (unpaired) electrons. The molecular formula is C19H21NO3S. The second-order valence-corrected chi connectivity index (χ2v) is 6.93. The average Bonchev–Trinajstić information content (AvgIpc) is 2.59. The van der Waals surface area contributed by atoms with Crippen molar-refractivity contribution in [1.82, 2.24) is 5.32 Å². The van der Waals surface area contributed by atoms with E-state index in [9.17, 15) is 14.7 Å². The molecule has 126 valence electrons. The maximum absolute atomic E-state index is 12.1. The van der Waals surface area contributed by atoms with E-state index < -0.39 is 11.4 Å². The van der Waals surface area contributed by atoms with E-state index in [0.29, 0.717) is 5.56 Å². The van der Waals surface area contributed by atoms with Crippen molar-refractivity contribution >= 4 is 23.6 Å². The van der Waals surface area contributed by atoms with Crippen LogP contribution in [0.1, 0.15) is 18.1 Å². The van der Waals surface area contributed by atoms with Crippen molar-refractivity contribution in [2.24, 2.45) is 0 Å². The number of aryl methyl sites for hydroxylation is 1. The highest BCUT2D eigenvalue weighted by molar-refractivity contribution is 8.00. The molecule has 5 heteroatoms. The van der Waals surface area contributed by atoms with E-state index in [2.05, 4.69) is 5.32 Å². The highest BCUT2D eigenvalue weighted by Crippen LogP contribution is 2.23. The van der Waals surface area contributed by atoms with Crippen molar-refractivity contribution in [2.75, 3.05) is 12.3 Å². The number of carboxylic acid groups (broad SMARTS) is 1. The van der Waals surface area contributed by atoms with E-state index in [1.807, 2.05) is 37.3 Å². The lowest BCUT2D eigenvalue weighted by atomic mass is 9.82. The van der Waals surface area contributed by atoms with Crippen LogP contribution in [0, 0.1) is 6.92 Å². The summed E-state index contributed by atoms with van der Waals surface area (Å²) in [6, 6.07) is 16.9. The largest absolute Gasteiger partial charge is 0.481 e. The Kier molecular flexibility index (Phi) is 6.04. The molecule has 0 saturated carbocycles. The molecule has 0 saturated heterocycles. The Bertz CT molecular complexity index is 700. The second-order valence-electron chi connectivity index (χ2n) is 5.88. The molecule has 2 aromatic rings. The molecule has 0 bridgehead atoms. The summed E-state index contributed by atoms with van der Waals surface area (Å²) >= 11 is 1.43. The van der Waals surface area contributed by atoms with Gasteiger partial charge < -0.3 is 10.4 Å². The topological polar surface area (TPSA) is 66.4 Å². The van der Waals surface area contributed by atoms with E-state index in [-0.39, 0.29) is 18.2 Å². The Balaban J connectivity index is 1.93. The van der Waals surface area contributed by atoms with Crippen LogP contribution >= 0.6 is 11.8 Å². The van der Waals surface area contributed by atoms with Gasteiger partial charge in [-0.15, -0.1) is 11.8 Å². The number of carbonyl (C=O) groups is 2. The van der Waals surface area contributed by atoms with E-state index >= 15 is 0 Å². The average molecular weight is 343 g/mol. The van der Waals surface area contributed by atoms with Crippen LogP contribution in [0.25, 0.3) is 0 Å². The number of rotatable bonds is 7. The third-order valence-corrected chi connectivity index (χ3v) is 4.92. The van der Waals surface area contributed by atoms with Crippen LogP contribution in [0.3, 0.4) is 0 Å². The first kappa shape index (κ1) is 18.1. The summed E-state index contributed by atoms with van der Waals surface area (Å²) < 4.78 is 0. The second kappa shape index (κ2) is 8.02. The summed E-state index contributed by atoms with van der Waals surface area (Å²) in [5, 5.41) is 12.3. The minimum absolute atomic E-state index is 0.0552. The Morgan fingerprint density at radius 2 is 1.71 bits per heavy atom. The fourth-order valence-electron chi connectivity index (χ4n) is 2.22. The molecule has 0 spiro atoms. The number of aliphatic carboxylic acids is 1. The maximum atomic E-state index is 12.1. The highest BCUT2D eigenvalue weighted by Gasteiger charge is 2.35. The summed E-state index contributed by atoms with van der Waals surface area (Å²) in [6.45, 7) is 3.69. The van der Waals surface area contributed by atoms with Crippen LogP contribution in [-0.4, -0.2) is 29.3 Å². The molecule has 0 aliphatic carbocycles. The Labute approximate surface area is 146 Å². The van der Waals surface area contributed by atoms with E-state index in [4.69, 9.17) is 0 Å². The van der Waals surface area contributed by atoms with Crippen molar-refractivity contribution in [3.05, 3.63) is 65.7 Å². The van der Waals surface area contributed by atoms with E-state index in [0.717, 1.165) is 4.90 Å². The molecule has 4 nitrogen and oxygen atoms in total. The Hall–Kier alpha value is -2.27. The number of thioether (sulfide) groups is 1. The lowest BCUT2D eigenvalue weighted by Crippen LogP contribution is -2.44. The van der Waals surface area contributed by atoms with Gasteiger partial charge in [-0.3, -0.25) is 9.59 Å². The highest BCUT2D eigenvalue weighted by atomic mass is 32.2. The predicted molar refractivity (Wildman–Crippen MR) is 96.3 cm³/mol. The van der Waals surface area contributed by atoms with Crippen LogP contribution in [-0.2, 0) is 15.0 Å². The molecule has 0 fully saturated rings. The van der Waals surface area contributed by atoms with E-state index in [1.165, 1.54) is 17.3 Å². The summed E-state index contributed by atoms with van der Waals surface area (Å²) in [6.07, 6.45) is 0. The standard InChI is InChI=1S/C19H21NO3S/c1-14-8-10-16(11-9-14)24-12-17(21)20-13-19(2,18(22)23)15-6-4-3-5-7-15/h3-11H,12-13H2,1-2H3,(H,20,21)(H,22,23). The Morgan fingerprint density at radius 3 is 2.29 bits per heavy atom. The minimum Gasteiger partial charge on any atom is -0.481 e. The third-order valence-electron chi connectivity index (χ3n) is 3.91. The summed E-state index contributed by atoms with van der Waals surface area (Å²) in [5.41, 5.74) is 0.693. The number of hydrogen-bond donors (Lipinski definition) is 2. The predicted octanol–water partition coefficient (Wildman–Crippen LogP) is 3.25.